The van der Waals surface area contributed by atoms with Crippen molar-refractivity contribution in [2.75, 3.05) is 26.2 Å². The predicted octanol–water partition coefficient (Wildman–Crippen LogP) is 4.21. The maximum Gasteiger partial charge on any atom is 0.226 e. The lowest BCUT2D eigenvalue weighted by Gasteiger charge is -2.35. The number of hydrogen-bond donors (Lipinski definition) is 0. The molecule has 1 amide bonds. The van der Waals surface area contributed by atoms with Crippen molar-refractivity contribution in [3.63, 3.8) is 0 Å². The minimum atomic E-state index is 0.136. The summed E-state index contributed by atoms with van der Waals surface area (Å²) in [4.78, 5) is 22.6. The topological polar surface area (TPSA) is 41.4 Å². The molecule has 5 heteroatoms. The van der Waals surface area contributed by atoms with E-state index in [2.05, 4.69) is 53.5 Å². The van der Waals surface area contributed by atoms with Gasteiger partial charge in [-0.1, -0.05) is 38.8 Å². The van der Waals surface area contributed by atoms with Gasteiger partial charge in [0, 0.05) is 26.7 Å². The number of nitrogens with zero attached hydrogens (tertiary/aromatic N) is 4. The van der Waals surface area contributed by atoms with Gasteiger partial charge in [-0.25, -0.2) is 4.98 Å². The zero-order chi connectivity index (χ0) is 19.9. The average Bonchev–Trinajstić information content (AvgIpc) is 3.03. The quantitative estimate of drug-likeness (QED) is 0.650. The fraction of sp³-hybridized carbons (Fsp3) is 0.652. The van der Waals surface area contributed by atoms with E-state index in [1.165, 1.54) is 5.52 Å². The molecule has 0 saturated carbocycles. The molecule has 1 atom stereocenters. The number of rotatable bonds is 9. The Kier molecular flexibility index (Phi) is 7.49. The van der Waals surface area contributed by atoms with Crippen LogP contribution in [0.4, 0.5) is 0 Å². The maximum atomic E-state index is 13.2. The van der Waals surface area contributed by atoms with E-state index in [4.69, 9.17) is 4.98 Å². The number of likely N-dealkylation sites (tertiary alicyclic amines) is 1. The Balaban J connectivity index is 1.65. The highest BCUT2D eigenvalue weighted by Gasteiger charge is 2.29. The molecule has 0 aliphatic carbocycles. The molecular formula is C23H36N4O. The summed E-state index contributed by atoms with van der Waals surface area (Å²) < 4.78 is 2.19. The SMILES string of the molecule is CCCCN(CCCC)C(=O)[C@@H]1CCCN(Cc2nc3ccccc3n2C)C1. The number of para-hydroxylation sites is 2. The van der Waals surface area contributed by atoms with Gasteiger partial charge in [0.15, 0.2) is 0 Å². The van der Waals surface area contributed by atoms with Gasteiger partial charge in [0.25, 0.3) is 0 Å². The lowest BCUT2D eigenvalue weighted by Crippen LogP contribution is -2.45. The molecule has 0 spiro atoms. The Morgan fingerprint density at radius 2 is 1.89 bits per heavy atom. The van der Waals surface area contributed by atoms with Gasteiger partial charge in [0.2, 0.25) is 5.91 Å². The summed E-state index contributed by atoms with van der Waals surface area (Å²) in [5, 5.41) is 0. The molecule has 1 aliphatic rings. The molecule has 1 aliphatic heterocycles. The fourth-order valence-corrected chi connectivity index (χ4v) is 4.23. The van der Waals surface area contributed by atoms with Crippen molar-refractivity contribution in [2.24, 2.45) is 13.0 Å². The maximum absolute atomic E-state index is 13.2. The number of carbonyl (C=O) groups excluding carboxylic acids is 1. The summed E-state index contributed by atoms with van der Waals surface area (Å²) in [5.41, 5.74) is 2.22. The van der Waals surface area contributed by atoms with Gasteiger partial charge in [-0.3, -0.25) is 9.69 Å². The molecule has 1 aromatic carbocycles. The molecule has 1 fully saturated rings. The first kappa shape index (κ1) is 20.8. The zero-order valence-electron chi connectivity index (χ0n) is 17.9. The standard InChI is InChI=1S/C23H36N4O/c1-4-6-15-27(16-7-5-2)23(28)19-11-10-14-26(17-19)18-22-24-20-12-8-9-13-21(20)25(22)3/h8-9,12-13,19H,4-7,10-11,14-18H2,1-3H3/t19-/m1/s1. The number of fused-ring (bicyclic) bond motifs is 1. The van der Waals surface area contributed by atoms with Gasteiger partial charge in [-0.2, -0.15) is 0 Å². The summed E-state index contributed by atoms with van der Waals surface area (Å²) in [5.74, 6) is 1.59. The minimum absolute atomic E-state index is 0.136. The molecule has 1 saturated heterocycles. The van der Waals surface area contributed by atoms with Crippen molar-refractivity contribution in [3.8, 4) is 0 Å². The largest absolute Gasteiger partial charge is 0.342 e. The van der Waals surface area contributed by atoms with Crippen LogP contribution in [0.3, 0.4) is 0 Å². The van der Waals surface area contributed by atoms with Crippen LogP contribution in [0.5, 0.6) is 0 Å². The van der Waals surface area contributed by atoms with Crippen molar-refractivity contribution in [3.05, 3.63) is 30.1 Å². The smallest absolute Gasteiger partial charge is 0.226 e. The number of amides is 1. The number of benzene rings is 1. The van der Waals surface area contributed by atoms with Gasteiger partial charge in [-0.15, -0.1) is 0 Å². The molecule has 28 heavy (non-hydrogen) atoms. The van der Waals surface area contributed by atoms with E-state index in [9.17, 15) is 4.79 Å². The monoisotopic (exact) mass is 384 g/mol. The Morgan fingerprint density at radius 3 is 2.57 bits per heavy atom. The zero-order valence-corrected chi connectivity index (χ0v) is 17.9. The molecule has 1 aromatic heterocycles. The number of carbonyl (C=O) groups is 1. The third-order valence-corrected chi connectivity index (χ3v) is 5.97. The van der Waals surface area contributed by atoms with Gasteiger partial charge >= 0.3 is 0 Å². The van der Waals surface area contributed by atoms with E-state index >= 15 is 0 Å². The second-order valence-corrected chi connectivity index (χ2v) is 8.18. The highest BCUT2D eigenvalue weighted by atomic mass is 16.2. The van der Waals surface area contributed by atoms with Crippen LogP contribution in [-0.4, -0.2) is 51.4 Å². The van der Waals surface area contributed by atoms with E-state index in [-0.39, 0.29) is 5.92 Å². The third-order valence-electron chi connectivity index (χ3n) is 5.97. The summed E-state index contributed by atoms with van der Waals surface area (Å²) in [6.07, 6.45) is 6.60. The van der Waals surface area contributed by atoms with Gasteiger partial charge < -0.3 is 9.47 Å². The molecule has 3 rings (SSSR count). The van der Waals surface area contributed by atoms with E-state index in [1.54, 1.807) is 0 Å². The number of aromatic nitrogens is 2. The third kappa shape index (κ3) is 4.93. The minimum Gasteiger partial charge on any atom is -0.342 e. The second kappa shape index (κ2) is 10.1. The van der Waals surface area contributed by atoms with Crippen molar-refractivity contribution in [1.29, 1.82) is 0 Å². The van der Waals surface area contributed by atoms with Crippen LogP contribution >= 0.6 is 0 Å². The molecule has 5 nitrogen and oxygen atoms in total. The molecule has 0 radical (unpaired) electrons. The van der Waals surface area contributed by atoms with Crippen molar-refractivity contribution in [1.82, 2.24) is 19.4 Å². The van der Waals surface area contributed by atoms with E-state index in [0.29, 0.717) is 5.91 Å². The molecule has 154 valence electrons. The summed E-state index contributed by atoms with van der Waals surface area (Å²) in [6.45, 7) is 8.95. The molecule has 2 aromatic rings. The van der Waals surface area contributed by atoms with Gasteiger partial charge in [0.05, 0.1) is 23.5 Å². The Morgan fingerprint density at radius 1 is 1.18 bits per heavy atom. The summed E-state index contributed by atoms with van der Waals surface area (Å²) in [6, 6.07) is 8.29. The summed E-state index contributed by atoms with van der Waals surface area (Å²) >= 11 is 0. The number of imidazole rings is 1. The molecule has 0 bridgehead atoms. The normalized spacial score (nSPS) is 17.9. The predicted molar refractivity (Wildman–Crippen MR) is 115 cm³/mol. The van der Waals surface area contributed by atoms with Crippen LogP contribution in [0, 0.1) is 5.92 Å². The van der Waals surface area contributed by atoms with Crippen molar-refractivity contribution < 1.29 is 4.79 Å². The summed E-state index contributed by atoms with van der Waals surface area (Å²) in [7, 11) is 2.09. The second-order valence-electron chi connectivity index (χ2n) is 8.18. The number of piperidine rings is 1. The van der Waals surface area contributed by atoms with E-state index < -0.39 is 0 Å². The molecule has 0 unspecified atom stereocenters. The fourth-order valence-electron chi connectivity index (χ4n) is 4.23. The average molecular weight is 385 g/mol. The molecular weight excluding hydrogens is 348 g/mol. The van der Waals surface area contributed by atoms with Crippen LogP contribution in [0.15, 0.2) is 24.3 Å². The van der Waals surface area contributed by atoms with Crippen LogP contribution in [0.1, 0.15) is 58.2 Å². The Labute approximate surface area is 169 Å². The van der Waals surface area contributed by atoms with Crippen LogP contribution in [-0.2, 0) is 18.4 Å². The van der Waals surface area contributed by atoms with Gasteiger partial charge in [0.1, 0.15) is 5.82 Å². The first-order valence-electron chi connectivity index (χ1n) is 11.1. The lowest BCUT2D eigenvalue weighted by molar-refractivity contribution is -0.137. The Hall–Kier alpha value is -1.88. The number of hydrogen-bond acceptors (Lipinski definition) is 3. The van der Waals surface area contributed by atoms with E-state index in [0.717, 1.165) is 82.6 Å². The number of aryl methyl sites for hydroxylation is 1. The highest BCUT2D eigenvalue weighted by molar-refractivity contribution is 5.79. The highest BCUT2D eigenvalue weighted by Crippen LogP contribution is 2.22. The van der Waals surface area contributed by atoms with Gasteiger partial charge in [-0.05, 0) is 44.4 Å². The van der Waals surface area contributed by atoms with Crippen LogP contribution < -0.4 is 0 Å². The lowest BCUT2D eigenvalue weighted by atomic mass is 9.96. The Bertz CT molecular complexity index is 761. The molecule has 0 N–H and O–H groups in total. The first-order valence-corrected chi connectivity index (χ1v) is 11.1. The van der Waals surface area contributed by atoms with Crippen LogP contribution in [0.25, 0.3) is 11.0 Å². The van der Waals surface area contributed by atoms with Crippen molar-refractivity contribution in [2.45, 2.75) is 58.9 Å². The van der Waals surface area contributed by atoms with Crippen molar-refractivity contribution >= 4 is 16.9 Å². The van der Waals surface area contributed by atoms with E-state index in [1.807, 2.05) is 6.07 Å². The molecule has 2 heterocycles. The first-order chi connectivity index (χ1) is 13.6. The van der Waals surface area contributed by atoms with Crippen LogP contribution in [0.2, 0.25) is 0 Å². The number of unbranched alkanes of at least 4 members (excludes halogenated alkanes) is 2.